The van der Waals surface area contributed by atoms with Gasteiger partial charge in [-0.05, 0) is 46.0 Å². The summed E-state index contributed by atoms with van der Waals surface area (Å²) in [5.41, 5.74) is -2.22. The van der Waals surface area contributed by atoms with E-state index in [1.807, 2.05) is 22.6 Å². The lowest BCUT2D eigenvalue weighted by molar-refractivity contribution is -0.833. The summed E-state index contributed by atoms with van der Waals surface area (Å²) in [6, 6.07) is 11.4. The number of alkyl halides is 3. The fourth-order valence-electron chi connectivity index (χ4n) is 3.32. The van der Waals surface area contributed by atoms with Gasteiger partial charge < -0.3 is 4.74 Å². The van der Waals surface area contributed by atoms with Crippen molar-refractivity contribution in [3.05, 3.63) is 71.3 Å². The Labute approximate surface area is 196 Å². The minimum absolute atomic E-state index is 0.0633. The number of hydrogen-bond acceptors (Lipinski definition) is 4. The van der Waals surface area contributed by atoms with Crippen molar-refractivity contribution < 1.29 is 26.9 Å². The minimum atomic E-state index is -3.56. The topological polar surface area (TPSA) is 34.0 Å². The van der Waals surface area contributed by atoms with Crippen LogP contribution in [0.4, 0.5) is 17.6 Å². The van der Waals surface area contributed by atoms with Gasteiger partial charge in [0.1, 0.15) is 11.6 Å². The van der Waals surface area contributed by atoms with Crippen molar-refractivity contribution >= 4 is 47.0 Å². The van der Waals surface area contributed by atoms with Crippen LogP contribution in [0.3, 0.4) is 0 Å². The smallest absolute Gasteiger partial charge is 0.332 e. The van der Waals surface area contributed by atoms with Gasteiger partial charge in [0.15, 0.2) is 17.4 Å². The first kappa shape index (κ1) is 24.1. The van der Waals surface area contributed by atoms with E-state index in [2.05, 4.69) is 10.1 Å². The molecule has 1 heterocycles. The lowest BCUT2D eigenvalue weighted by Gasteiger charge is -2.42. The number of halogens is 5. The summed E-state index contributed by atoms with van der Waals surface area (Å²) in [6.45, 7) is 0.963. The zero-order valence-electron chi connectivity index (χ0n) is 16.6. The van der Waals surface area contributed by atoms with Gasteiger partial charge >= 0.3 is 5.25 Å². The molecule has 31 heavy (non-hydrogen) atoms. The van der Waals surface area contributed by atoms with Gasteiger partial charge in [0.2, 0.25) is 11.9 Å². The Kier molecular flexibility index (Phi) is 7.76. The molecule has 1 aliphatic heterocycles. The van der Waals surface area contributed by atoms with E-state index in [4.69, 9.17) is 4.74 Å². The zero-order valence-corrected chi connectivity index (χ0v) is 19.6. The summed E-state index contributed by atoms with van der Waals surface area (Å²) in [4.78, 5) is 3.96. The lowest BCUT2D eigenvalue weighted by Crippen LogP contribution is -2.58. The molecule has 0 saturated heterocycles. The second-order valence-electron chi connectivity index (χ2n) is 6.94. The first-order valence-electron chi connectivity index (χ1n) is 9.44. The quantitative estimate of drug-likeness (QED) is 0.118. The van der Waals surface area contributed by atoms with E-state index in [1.165, 1.54) is 12.7 Å². The third kappa shape index (κ3) is 5.12. The highest BCUT2D eigenvalue weighted by Crippen LogP contribution is 2.51. The fourth-order valence-corrected chi connectivity index (χ4v) is 4.75. The van der Waals surface area contributed by atoms with Crippen molar-refractivity contribution in [1.29, 1.82) is 0 Å². The Morgan fingerprint density at radius 1 is 1.13 bits per heavy atom. The van der Waals surface area contributed by atoms with Crippen LogP contribution in [-0.4, -0.2) is 39.4 Å². The highest BCUT2D eigenvalue weighted by molar-refractivity contribution is 14.1. The summed E-state index contributed by atoms with van der Waals surface area (Å²) >= 11 is 2.36. The average Bonchev–Trinajstić information content (AvgIpc) is 3.21. The zero-order chi connectivity index (χ0) is 22.5. The number of quaternary nitrogens is 1. The maximum atomic E-state index is 15.8. The first-order valence-corrected chi connectivity index (χ1v) is 11.9. The van der Waals surface area contributed by atoms with Gasteiger partial charge in [-0.25, -0.2) is 8.78 Å². The standard InChI is InChI=1S/C21H21F4IN3OS/c1-2-31-21(24,25)20(12-29(13-26)15-27-14-28-29,18-9-8-17(22)10-19(18)23)30-11-16-6-4-3-5-7-16/h3-10,14-15H,2,11-13H2,1H3/q+1. The monoisotopic (exact) mass is 566 g/mol. The number of hydrogen-bond donors (Lipinski definition) is 0. The summed E-state index contributed by atoms with van der Waals surface area (Å²) < 4.78 is 66.2. The van der Waals surface area contributed by atoms with Crippen LogP contribution in [0.25, 0.3) is 0 Å². The average molecular weight is 566 g/mol. The van der Waals surface area contributed by atoms with Crippen LogP contribution in [0.5, 0.6) is 0 Å². The molecule has 2 aromatic rings. The molecule has 4 nitrogen and oxygen atoms in total. The van der Waals surface area contributed by atoms with Crippen LogP contribution >= 0.6 is 34.4 Å². The number of nitrogens with zero attached hydrogens (tertiary/aromatic N) is 3. The lowest BCUT2D eigenvalue weighted by atomic mass is 9.91. The summed E-state index contributed by atoms with van der Waals surface area (Å²) in [5.74, 6) is -1.90. The molecule has 0 aliphatic carbocycles. The molecule has 2 unspecified atom stereocenters. The van der Waals surface area contributed by atoms with Crippen LogP contribution in [0, 0.1) is 11.6 Å². The van der Waals surface area contributed by atoms with Crippen molar-refractivity contribution in [3.8, 4) is 0 Å². The summed E-state index contributed by atoms with van der Waals surface area (Å²) in [7, 11) is 0. The van der Waals surface area contributed by atoms with E-state index < -0.39 is 34.6 Å². The van der Waals surface area contributed by atoms with Gasteiger partial charge in [-0.1, -0.05) is 54.1 Å². The molecule has 0 radical (unpaired) electrons. The number of benzene rings is 2. The predicted octanol–water partition coefficient (Wildman–Crippen LogP) is 5.92. The molecular weight excluding hydrogens is 545 g/mol. The predicted molar refractivity (Wildman–Crippen MR) is 123 cm³/mol. The van der Waals surface area contributed by atoms with Crippen LogP contribution in [0.2, 0.25) is 0 Å². The van der Waals surface area contributed by atoms with Gasteiger partial charge in [-0.15, -0.1) is 4.59 Å². The van der Waals surface area contributed by atoms with Crippen molar-refractivity contribution in [1.82, 2.24) is 0 Å². The van der Waals surface area contributed by atoms with Crippen LogP contribution in [-0.2, 0) is 16.9 Å². The Morgan fingerprint density at radius 2 is 1.87 bits per heavy atom. The van der Waals surface area contributed by atoms with E-state index in [0.29, 0.717) is 23.4 Å². The van der Waals surface area contributed by atoms with Gasteiger partial charge in [-0.2, -0.15) is 13.8 Å². The molecule has 0 saturated carbocycles. The molecule has 166 valence electrons. The molecule has 0 bridgehead atoms. The first-order chi connectivity index (χ1) is 14.8. The molecule has 10 heteroatoms. The van der Waals surface area contributed by atoms with Crippen molar-refractivity contribution in [2.45, 2.75) is 24.4 Å². The van der Waals surface area contributed by atoms with Gasteiger partial charge in [0, 0.05) is 11.6 Å². The van der Waals surface area contributed by atoms with Crippen molar-refractivity contribution in [2.24, 2.45) is 10.1 Å². The second-order valence-corrected chi connectivity index (χ2v) is 9.00. The maximum Gasteiger partial charge on any atom is 0.332 e. The molecule has 2 aromatic carbocycles. The minimum Gasteiger partial charge on any atom is -0.353 e. The molecule has 0 amide bonds. The van der Waals surface area contributed by atoms with Gasteiger partial charge in [0.25, 0.3) is 0 Å². The molecule has 0 N–H and O–H groups in total. The summed E-state index contributed by atoms with van der Waals surface area (Å²) in [5, 5.41) is 0.678. The Hall–Kier alpha value is -1.50. The Bertz CT molecular complexity index is 949. The molecule has 1 aliphatic rings. The third-order valence-electron chi connectivity index (χ3n) is 4.82. The van der Waals surface area contributed by atoms with E-state index in [1.54, 1.807) is 37.3 Å². The Morgan fingerprint density at radius 3 is 2.45 bits per heavy atom. The second kappa shape index (κ2) is 9.97. The third-order valence-corrected chi connectivity index (χ3v) is 6.99. The SMILES string of the molecule is CCSC(F)(F)C(C[N+]1(CI)C=NC=N1)(OCc1ccccc1)c1ccc(F)cc1F. The number of aliphatic imine (C=N–C) groups is 1. The fraction of sp³-hybridized carbons (Fsp3) is 0.333. The Balaban J connectivity index is 2.18. The molecule has 2 atom stereocenters. The molecule has 0 fully saturated rings. The van der Waals surface area contributed by atoms with E-state index in [-0.39, 0.29) is 21.5 Å². The maximum absolute atomic E-state index is 15.8. The number of thioether (sulfide) groups is 1. The van der Waals surface area contributed by atoms with E-state index in [0.717, 1.165) is 12.1 Å². The van der Waals surface area contributed by atoms with Crippen LogP contribution in [0.15, 0.2) is 58.6 Å². The molecule has 0 aromatic heterocycles. The van der Waals surface area contributed by atoms with Gasteiger partial charge in [0.05, 0.1) is 6.61 Å². The van der Waals surface area contributed by atoms with Crippen molar-refractivity contribution in [3.63, 3.8) is 0 Å². The molecular formula is C21H21F4IN3OS+. The largest absolute Gasteiger partial charge is 0.353 e. The van der Waals surface area contributed by atoms with Gasteiger partial charge in [-0.3, -0.25) is 0 Å². The van der Waals surface area contributed by atoms with Crippen LogP contribution in [0.1, 0.15) is 18.1 Å². The summed E-state index contributed by atoms with van der Waals surface area (Å²) in [6.07, 6.45) is 2.69. The normalized spacial score (nSPS) is 20.2. The highest BCUT2D eigenvalue weighted by Gasteiger charge is 2.62. The van der Waals surface area contributed by atoms with E-state index in [9.17, 15) is 4.39 Å². The number of ether oxygens (including phenoxy) is 1. The van der Waals surface area contributed by atoms with Crippen molar-refractivity contribution in [2.75, 3.05) is 16.8 Å². The van der Waals surface area contributed by atoms with E-state index >= 15 is 13.2 Å². The van der Waals surface area contributed by atoms with Crippen LogP contribution < -0.4 is 0 Å². The number of rotatable bonds is 10. The molecule has 0 spiro atoms. The highest BCUT2D eigenvalue weighted by atomic mass is 127. The molecule has 3 rings (SSSR count).